The summed E-state index contributed by atoms with van der Waals surface area (Å²) in [5, 5.41) is 8.34. The molecule has 0 aliphatic heterocycles. The number of nitrogens with zero attached hydrogens (tertiary/aromatic N) is 1. The third kappa shape index (κ3) is 3.47. The zero-order valence-corrected chi connectivity index (χ0v) is 9.02. The molecule has 80 valence electrons. The summed E-state index contributed by atoms with van der Waals surface area (Å²) in [6, 6.07) is 7.39. The molecule has 0 atom stereocenters. The highest BCUT2D eigenvalue weighted by molar-refractivity contribution is 5.33. The van der Waals surface area contributed by atoms with E-state index >= 15 is 0 Å². The summed E-state index contributed by atoms with van der Waals surface area (Å²) in [6.07, 6.45) is 7.90. The third-order valence-electron chi connectivity index (χ3n) is 2.09. The molecule has 1 aromatic rings. The van der Waals surface area contributed by atoms with Crippen molar-refractivity contribution in [3.63, 3.8) is 0 Å². The Morgan fingerprint density at radius 2 is 2.00 bits per heavy atom. The lowest BCUT2D eigenvalue weighted by molar-refractivity contribution is 0.507. The van der Waals surface area contributed by atoms with Gasteiger partial charge in [0.2, 0.25) is 0 Å². The zero-order valence-electron chi connectivity index (χ0n) is 9.02. The van der Waals surface area contributed by atoms with E-state index in [1.807, 2.05) is 18.2 Å². The molecule has 0 unspecified atom stereocenters. The molecule has 1 aromatic carbocycles. The summed E-state index contributed by atoms with van der Waals surface area (Å²) in [5.41, 5.74) is 2.24. The monoisotopic (exact) mass is 211 g/mol. The Balaban J connectivity index is 2.75. The average Bonchev–Trinajstić information content (AvgIpc) is 2.31. The van der Waals surface area contributed by atoms with Crippen molar-refractivity contribution < 1.29 is 4.74 Å². The highest BCUT2D eigenvalue weighted by atomic mass is 16.5. The van der Waals surface area contributed by atoms with Gasteiger partial charge in [-0.2, -0.15) is 0 Å². The Hall–Kier alpha value is -2.27. The van der Waals surface area contributed by atoms with Gasteiger partial charge in [-0.15, -0.1) is 5.26 Å². The van der Waals surface area contributed by atoms with Crippen molar-refractivity contribution in [2.24, 2.45) is 0 Å². The van der Waals surface area contributed by atoms with Gasteiger partial charge in [0.25, 0.3) is 6.26 Å². The Kier molecular flexibility index (Phi) is 4.62. The molecule has 0 amide bonds. The molecule has 0 heterocycles. The number of rotatable bonds is 5. The van der Waals surface area contributed by atoms with Gasteiger partial charge in [-0.3, -0.25) is 0 Å². The minimum absolute atomic E-state index is 0.555. The van der Waals surface area contributed by atoms with E-state index in [-0.39, 0.29) is 0 Å². The molecular weight excluding hydrogens is 198 g/mol. The van der Waals surface area contributed by atoms with Crippen molar-refractivity contribution in [3.8, 4) is 12.0 Å². The molecule has 0 bridgehead atoms. The lowest BCUT2D eigenvalue weighted by atomic mass is 10.0. The minimum Gasteiger partial charge on any atom is -0.388 e. The SMILES string of the molecule is C=C/C=C(\C=C)Cc1ccc(OC#N)cc1. The van der Waals surface area contributed by atoms with E-state index in [1.165, 1.54) is 0 Å². The van der Waals surface area contributed by atoms with Crippen molar-refractivity contribution in [2.45, 2.75) is 6.42 Å². The molecule has 1 rings (SSSR count). The van der Waals surface area contributed by atoms with E-state index in [2.05, 4.69) is 13.2 Å². The fourth-order valence-electron chi connectivity index (χ4n) is 1.31. The van der Waals surface area contributed by atoms with Crippen molar-refractivity contribution >= 4 is 0 Å². The molecular formula is C14H13NO. The normalized spacial score (nSPS) is 10.3. The summed E-state index contributed by atoms with van der Waals surface area (Å²) in [7, 11) is 0. The van der Waals surface area contributed by atoms with Crippen LogP contribution in [0.5, 0.6) is 5.75 Å². The van der Waals surface area contributed by atoms with Crippen LogP contribution in [0.4, 0.5) is 0 Å². The first-order chi connectivity index (χ1) is 7.80. The van der Waals surface area contributed by atoms with Crippen LogP contribution in [0.3, 0.4) is 0 Å². The number of benzene rings is 1. The van der Waals surface area contributed by atoms with Gasteiger partial charge in [0.15, 0.2) is 0 Å². The van der Waals surface area contributed by atoms with Gasteiger partial charge in [-0.05, 0) is 29.7 Å². The van der Waals surface area contributed by atoms with Crippen LogP contribution in [0.25, 0.3) is 0 Å². The summed E-state index contributed by atoms with van der Waals surface area (Å²) in [5.74, 6) is 0.555. The first-order valence-electron chi connectivity index (χ1n) is 4.89. The van der Waals surface area contributed by atoms with E-state index < -0.39 is 0 Å². The third-order valence-corrected chi connectivity index (χ3v) is 2.09. The summed E-state index contributed by atoms with van der Waals surface area (Å²) in [4.78, 5) is 0. The largest absolute Gasteiger partial charge is 0.388 e. The van der Waals surface area contributed by atoms with E-state index in [1.54, 1.807) is 30.5 Å². The topological polar surface area (TPSA) is 33.0 Å². The Labute approximate surface area is 95.8 Å². The number of hydrogen-bond donors (Lipinski definition) is 0. The molecule has 0 radical (unpaired) electrons. The number of allylic oxidation sites excluding steroid dienone is 4. The molecule has 16 heavy (non-hydrogen) atoms. The van der Waals surface area contributed by atoms with Crippen molar-refractivity contribution in [1.29, 1.82) is 5.26 Å². The highest BCUT2D eigenvalue weighted by Gasteiger charge is 1.97. The average molecular weight is 211 g/mol. The second-order valence-corrected chi connectivity index (χ2v) is 3.20. The summed E-state index contributed by atoms with van der Waals surface area (Å²) < 4.78 is 4.69. The van der Waals surface area contributed by atoms with E-state index in [4.69, 9.17) is 10.00 Å². The van der Waals surface area contributed by atoms with E-state index in [0.29, 0.717) is 5.75 Å². The Bertz CT molecular complexity index is 435. The van der Waals surface area contributed by atoms with Crippen molar-refractivity contribution in [3.05, 3.63) is 66.8 Å². The van der Waals surface area contributed by atoms with Crippen LogP contribution in [-0.4, -0.2) is 0 Å². The quantitative estimate of drug-likeness (QED) is 0.552. The molecule has 0 N–H and O–H groups in total. The van der Waals surface area contributed by atoms with Crippen LogP contribution < -0.4 is 4.74 Å². The number of nitriles is 1. The fraction of sp³-hybridized carbons (Fsp3) is 0.0714. The van der Waals surface area contributed by atoms with Crippen LogP contribution in [-0.2, 0) is 6.42 Å². The van der Waals surface area contributed by atoms with Crippen LogP contribution in [0.2, 0.25) is 0 Å². The van der Waals surface area contributed by atoms with Crippen molar-refractivity contribution in [2.75, 3.05) is 0 Å². The van der Waals surface area contributed by atoms with Crippen LogP contribution >= 0.6 is 0 Å². The molecule has 0 aromatic heterocycles. The Morgan fingerprint density at radius 1 is 1.31 bits per heavy atom. The van der Waals surface area contributed by atoms with Gasteiger partial charge in [-0.1, -0.05) is 43.5 Å². The van der Waals surface area contributed by atoms with Gasteiger partial charge >= 0.3 is 0 Å². The van der Waals surface area contributed by atoms with E-state index in [9.17, 15) is 0 Å². The number of ether oxygens (including phenoxy) is 1. The molecule has 2 nitrogen and oxygen atoms in total. The first kappa shape index (κ1) is 11.8. The standard InChI is InChI=1S/C14H13NO/c1-3-5-12(4-2)10-13-6-8-14(9-7-13)16-11-15/h3-9H,1-2,10H2/b12-5+. The summed E-state index contributed by atoms with van der Waals surface area (Å²) >= 11 is 0. The molecule has 0 fully saturated rings. The lowest BCUT2D eigenvalue weighted by Gasteiger charge is -2.02. The number of hydrogen-bond acceptors (Lipinski definition) is 2. The Morgan fingerprint density at radius 3 is 2.50 bits per heavy atom. The smallest absolute Gasteiger partial charge is 0.292 e. The van der Waals surface area contributed by atoms with E-state index in [0.717, 1.165) is 17.6 Å². The maximum atomic E-state index is 8.34. The molecule has 0 saturated carbocycles. The predicted molar refractivity (Wildman–Crippen MR) is 64.9 cm³/mol. The van der Waals surface area contributed by atoms with Crippen molar-refractivity contribution in [1.82, 2.24) is 0 Å². The predicted octanol–water partition coefficient (Wildman–Crippen LogP) is 3.39. The van der Waals surface area contributed by atoms with Crippen LogP contribution in [0.1, 0.15) is 5.56 Å². The first-order valence-corrected chi connectivity index (χ1v) is 4.89. The van der Waals surface area contributed by atoms with Crippen LogP contribution in [0.15, 0.2) is 61.2 Å². The summed E-state index contributed by atoms with van der Waals surface area (Å²) in [6.45, 7) is 7.39. The second-order valence-electron chi connectivity index (χ2n) is 3.20. The molecule has 0 saturated heterocycles. The highest BCUT2D eigenvalue weighted by Crippen LogP contribution is 2.15. The van der Waals surface area contributed by atoms with Gasteiger partial charge in [0.1, 0.15) is 5.75 Å². The van der Waals surface area contributed by atoms with Gasteiger partial charge < -0.3 is 4.74 Å². The van der Waals surface area contributed by atoms with Gasteiger partial charge in [-0.25, -0.2) is 0 Å². The molecule has 0 spiro atoms. The maximum absolute atomic E-state index is 8.34. The van der Waals surface area contributed by atoms with Crippen LogP contribution in [0, 0.1) is 11.5 Å². The minimum atomic E-state index is 0.555. The molecule has 0 aliphatic carbocycles. The van der Waals surface area contributed by atoms with Gasteiger partial charge in [0, 0.05) is 0 Å². The zero-order chi connectivity index (χ0) is 11.8. The fourth-order valence-corrected chi connectivity index (χ4v) is 1.31. The molecule has 2 heteroatoms. The molecule has 0 aliphatic rings. The van der Waals surface area contributed by atoms with Gasteiger partial charge in [0.05, 0.1) is 0 Å². The maximum Gasteiger partial charge on any atom is 0.292 e. The lowest BCUT2D eigenvalue weighted by Crippen LogP contribution is -1.88. The second kappa shape index (κ2) is 6.26.